The van der Waals surface area contributed by atoms with Gasteiger partial charge in [-0.1, -0.05) is 15.9 Å². The molecule has 0 fully saturated rings. The van der Waals surface area contributed by atoms with Crippen molar-refractivity contribution in [2.75, 3.05) is 0 Å². The number of nitrogens with zero attached hydrogens (tertiary/aromatic N) is 1. The van der Waals surface area contributed by atoms with Crippen molar-refractivity contribution in [1.82, 2.24) is 0 Å². The van der Waals surface area contributed by atoms with E-state index in [1.807, 2.05) is 0 Å². The number of carbonyl (C=O) groups excluding carboxylic acids is 1. The van der Waals surface area contributed by atoms with Crippen LogP contribution in [0.25, 0.3) is 0 Å². The van der Waals surface area contributed by atoms with Gasteiger partial charge >= 0.3 is 6.18 Å². The van der Waals surface area contributed by atoms with Gasteiger partial charge in [-0.15, -0.1) is 0 Å². The van der Waals surface area contributed by atoms with Crippen molar-refractivity contribution in [3.63, 3.8) is 0 Å². The van der Waals surface area contributed by atoms with E-state index < -0.39 is 29.1 Å². The molecule has 0 aromatic heterocycles. The van der Waals surface area contributed by atoms with Gasteiger partial charge in [-0.25, -0.2) is 13.6 Å². The van der Waals surface area contributed by atoms with Crippen molar-refractivity contribution < 1.29 is 31.5 Å². The standard InChI is InChI=1S/C14H5BrF5NO2/c15-8-1-2-11(21-6-22)12(5-8)23-13-9(16)3-7(4-10(13)17)14(18,19)20/h1-5H. The highest BCUT2D eigenvalue weighted by atomic mass is 79.9. The van der Waals surface area contributed by atoms with E-state index >= 15 is 0 Å². The lowest BCUT2D eigenvalue weighted by Crippen LogP contribution is -2.07. The molecule has 0 radical (unpaired) electrons. The highest BCUT2D eigenvalue weighted by Crippen LogP contribution is 2.38. The van der Waals surface area contributed by atoms with Crippen LogP contribution in [0.4, 0.5) is 27.6 Å². The second-order valence-electron chi connectivity index (χ2n) is 4.18. The Kier molecular flexibility index (Phi) is 4.82. The van der Waals surface area contributed by atoms with Crippen molar-refractivity contribution >= 4 is 27.7 Å². The number of ether oxygens (including phenoxy) is 1. The molecule has 0 aliphatic carbocycles. The molecule has 0 bridgehead atoms. The first-order chi connectivity index (χ1) is 10.7. The maximum atomic E-state index is 13.8. The zero-order valence-electron chi connectivity index (χ0n) is 10.9. The topological polar surface area (TPSA) is 38.7 Å². The predicted molar refractivity (Wildman–Crippen MR) is 73.4 cm³/mol. The Balaban J connectivity index is 2.49. The molecule has 0 spiro atoms. The van der Waals surface area contributed by atoms with Crippen LogP contribution in [0.3, 0.4) is 0 Å². The van der Waals surface area contributed by atoms with Gasteiger partial charge in [-0.2, -0.15) is 18.2 Å². The van der Waals surface area contributed by atoms with Crippen molar-refractivity contribution in [1.29, 1.82) is 0 Å². The van der Waals surface area contributed by atoms with Gasteiger partial charge in [0.15, 0.2) is 23.1 Å². The number of hydrogen-bond donors (Lipinski definition) is 0. The molecule has 0 unspecified atom stereocenters. The second-order valence-corrected chi connectivity index (χ2v) is 5.10. The average molecular weight is 394 g/mol. The molecule has 23 heavy (non-hydrogen) atoms. The fourth-order valence-corrected chi connectivity index (χ4v) is 1.98. The van der Waals surface area contributed by atoms with Crippen LogP contribution in [0.15, 0.2) is 39.8 Å². The second kappa shape index (κ2) is 6.47. The van der Waals surface area contributed by atoms with E-state index in [0.717, 1.165) is 0 Å². The minimum absolute atomic E-state index is 0.0955. The van der Waals surface area contributed by atoms with E-state index in [-0.39, 0.29) is 23.6 Å². The summed E-state index contributed by atoms with van der Waals surface area (Å²) in [5.41, 5.74) is -1.58. The summed E-state index contributed by atoms with van der Waals surface area (Å²) < 4.78 is 70.4. The molecule has 2 rings (SSSR count). The van der Waals surface area contributed by atoms with Gasteiger partial charge in [0, 0.05) is 4.47 Å². The largest absolute Gasteiger partial charge is 0.449 e. The van der Waals surface area contributed by atoms with E-state index in [1.165, 1.54) is 24.3 Å². The Morgan fingerprint density at radius 2 is 1.70 bits per heavy atom. The van der Waals surface area contributed by atoms with Crippen LogP contribution in [0.5, 0.6) is 11.5 Å². The van der Waals surface area contributed by atoms with Gasteiger partial charge < -0.3 is 4.74 Å². The van der Waals surface area contributed by atoms with Gasteiger partial charge in [0.2, 0.25) is 6.08 Å². The number of isocyanates is 1. The smallest absolute Gasteiger partial charge is 0.416 e. The Morgan fingerprint density at radius 1 is 1.09 bits per heavy atom. The summed E-state index contributed by atoms with van der Waals surface area (Å²) in [6, 6.07) is 4.23. The maximum absolute atomic E-state index is 13.8. The summed E-state index contributed by atoms with van der Waals surface area (Å²) in [7, 11) is 0. The predicted octanol–water partition coefficient (Wildman–Crippen LogP) is 5.51. The summed E-state index contributed by atoms with van der Waals surface area (Å²) in [4.78, 5) is 13.6. The first kappa shape index (κ1) is 17.1. The number of benzene rings is 2. The molecule has 0 heterocycles. The molecule has 0 amide bonds. The summed E-state index contributed by atoms with van der Waals surface area (Å²) in [5.74, 6) is -4.37. The number of hydrogen-bond acceptors (Lipinski definition) is 3. The van der Waals surface area contributed by atoms with Crippen LogP contribution >= 0.6 is 15.9 Å². The van der Waals surface area contributed by atoms with E-state index in [2.05, 4.69) is 20.9 Å². The summed E-state index contributed by atoms with van der Waals surface area (Å²) in [6.07, 6.45) is -3.67. The lowest BCUT2D eigenvalue weighted by Gasteiger charge is -2.12. The van der Waals surface area contributed by atoms with E-state index in [1.54, 1.807) is 0 Å². The van der Waals surface area contributed by atoms with Crippen LogP contribution in [-0.2, 0) is 11.0 Å². The molecule has 0 N–H and O–H groups in total. The lowest BCUT2D eigenvalue weighted by atomic mass is 10.2. The van der Waals surface area contributed by atoms with Gasteiger partial charge in [-0.3, -0.25) is 0 Å². The zero-order chi connectivity index (χ0) is 17.2. The monoisotopic (exact) mass is 393 g/mol. The zero-order valence-corrected chi connectivity index (χ0v) is 12.5. The van der Waals surface area contributed by atoms with Crippen LogP contribution in [0.1, 0.15) is 5.56 Å². The van der Waals surface area contributed by atoms with Gasteiger partial charge in [0.05, 0.1) is 5.56 Å². The Morgan fingerprint density at radius 3 is 2.22 bits per heavy atom. The molecule has 3 nitrogen and oxygen atoms in total. The van der Waals surface area contributed by atoms with Crippen molar-refractivity contribution in [2.24, 2.45) is 4.99 Å². The highest BCUT2D eigenvalue weighted by molar-refractivity contribution is 9.10. The Bertz CT molecular complexity index is 777. The van der Waals surface area contributed by atoms with Gasteiger partial charge in [0.25, 0.3) is 0 Å². The molecular formula is C14H5BrF5NO2. The number of rotatable bonds is 3. The number of alkyl halides is 3. The molecule has 0 aliphatic rings. The summed E-state index contributed by atoms with van der Waals surface area (Å²) in [5, 5.41) is 0. The third kappa shape index (κ3) is 3.94. The molecule has 0 saturated heterocycles. The summed E-state index contributed by atoms with van der Waals surface area (Å²) in [6.45, 7) is 0. The molecule has 0 saturated carbocycles. The van der Waals surface area contributed by atoms with Gasteiger partial charge in [0.1, 0.15) is 5.69 Å². The van der Waals surface area contributed by atoms with E-state index in [0.29, 0.717) is 4.47 Å². The highest BCUT2D eigenvalue weighted by Gasteiger charge is 2.33. The average Bonchev–Trinajstić information content (AvgIpc) is 2.44. The van der Waals surface area contributed by atoms with E-state index in [4.69, 9.17) is 4.74 Å². The lowest BCUT2D eigenvalue weighted by molar-refractivity contribution is -0.138. The molecule has 9 heteroatoms. The normalized spacial score (nSPS) is 11.0. The molecule has 2 aromatic rings. The SMILES string of the molecule is O=C=Nc1ccc(Br)cc1Oc1c(F)cc(C(F)(F)F)cc1F. The first-order valence-corrected chi connectivity index (χ1v) is 6.63. The van der Waals surface area contributed by atoms with Crippen LogP contribution in [0, 0.1) is 11.6 Å². The third-order valence-corrected chi connectivity index (χ3v) is 3.12. The van der Waals surface area contributed by atoms with Gasteiger partial charge in [-0.05, 0) is 30.3 Å². The minimum atomic E-state index is -4.90. The summed E-state index contributed by atoms with van der Waals surface area (Å²) >= 11 is 3.08. The maximum Gasteiger partial charge on any atom is 0.416 e. The molecular weight excluding hydrogens is 389 g/mol. The number of aliphatic imine (C=N–C) groups is 1. The Labute approximate surface area is 134 Å². The van der Waals surface area contributed by atoms with E-state index in [9.17, 15) is 26.7 Å². The van der Waals surface area contributed by atoms with Crippen LogP contribution in [0.2, 0.25) is 0 Å². The minimum Gasteiger partial charge on any atom is -0.449 e. The molecule has 0 atom stereocenters. The van der Waals surface area contributed by atoms with Crippen LogP contribution < -0.4 is 4.74 Å². The Hall–Kier alpha value is -2.25. The van der Waals surface area contributed by atoms with Crippen molar-refractivity contribution in [2.45, 2.75) is 6.18 Å². The fourth-order valence-electron chi connectivity index (χ4n) is 1.64. The molecule has 2 aromatic carbocycles. The number of halogens is 6. The first-order valence-electron chi connectivity index (χ1n) is 5.84. The fraction of sp³-hybridized carbons (Fsp3) is 0.0714. The molecule has 0 aliphatic heterocycles. The third-order valence-electron chi connectivity index (χ3n) is 2.63. The quantitative estimate of drug-likeness (QED) is 0.392. The van der Waals surface area contributed by atoms with Crippen molar-refractivity contribution in [3.8, 4) is 11.5 Å². The van der Waals surface area contributed by atoms with Crippen molar-refractivity contribution in [3.05, 3.63) is 52.0 Å². The van der Waals surface area contributed by atoms with Crippen LogP contribution in [-0.4, -0.2) is 6.08 Å². The molecule has 120 valence electrons.